The second kappa shape index (κ2) is 7.98. The number of nitrogens with one attached hydrogen (secondary N) is 1. The van der Waals surface area contributed by atoms with Gasteiger partial charge in [-0.25, -0.2) is 4.98 Å². The van der Waals surface area contributed by atoms with Crippen LogP contribution in [0.15, 0.2) is 34.2 Å². The van der Waals surface area contributed by atoms with Crippen molar-refractivity contribution < 1.29 is 19.4 Å². The van der Waals surface area contributed by atoms with Gasteiger partial charge in [0.1, 0.15) is 17.4 Å². The van der Waals surface area contributed by atoms with Gasteiger partial charge in [-0.1, -0.05) is 6.07 Å². The van der Waals surface area contributed by atoms with Crippen LogP contribution in [0.5, 0.6) is 0 Å². The molecule has 0 atom stereocenters. The standard InChI is InChI=1S/C16H16N2O4S2/c1-9(17)15(10(2)19)12(20)7-22-14(21)6-11-8-24-16(18-11)13-4-3-5-23-13/h3-5,8,17,20H,6-7H2,1-2H3/b15-12+,17-9?. The van der Waals surface area contributed by atoms with Gasteiger partial charge >= 0.3 is 5.97 Å². The summed E-state index contributed by atoms with van der Waals surface area (Å²) in [6, 6.07) is 3.89. The van der Waals surface area contributed by atoms with Gasteiger partial charge in [-0.3, -0.25) is 9.59 Å². The highest BCUT2D eigenvalue weighted by Crippen LogP contribution is 2.27. The number of thiophene rings is 1. The summed E-state index contributed by atoms with van der Waals surface area (Å²) in [6.07, 6.45) is -0.0197. The number of ether oxygens (including phenoxy) is 1. The number of esters is 1. The molecule has 2 rings (SSSR count). The molecular weight excluding hydrogens is 348 g/mol. The van der Waals surface area contributed by atoms with E-state index in [1.54, 1.807) is 16.7 Å². The first-order valence-corrected chi connectivity index (χ1v) is 8.77. The van der Waals surface area contributed by atoms with E-state index in [2.05, 4.69) is 4.98 Å². The van der Waals surface area contributed by atoms with Gasteiger partial charge in [0.15, 0.2) is 5.78 Å². The Bertz CT molecular complexity index is 775. The fraction of sp³-hybridized carbons (Fsp3) is 0.250. The molecule has 2 N–H and O–H groups in total. The van der Waals surface area contributed by atoms with E-state index in [9.17, 15) is 14.7 Å². The summed E-state index contributed by atoms with van der Waals surface area (Å²) >= 11 is 3.02. The largest absolute Gasteiger partial charge is 0.508 e. The number of carbonyl (C=O) groups is 2. The molecule has 6 nitrogen and oxygen atoms in total. The molecule has 0 saturated carbocycles. The molecule has 0 saturated heterocycles. The van der Waals surface area contributed by atoms with Crippen LogP contribution < -0.4 is 0 Å². The van der Waals surface area contributed by atoms with E-state index in [1.165, 1.54) is 25.2 Å². The van der Waals surface area contributed by atoms with Crippen molar-refractivity contribution in [1.29, 1.82) is 5.41 Å². The summed E-state index contributed by atoms with van der Waals surface area (Å²) < 4.78 is 4.96. The van der Waals surface area contributed by atoms with E-state index in [0.717, 1.165) is 9.88 Å². The van der Waals surface area contributed by atoms with Gasteiger partial charge in [0, 0.05) is 11.1 Å². The Hall–Kier alpha value is -2.32. The molecule has 0 unspecified atom stereocenters. The highest BCUT2D eigenvalue weighted by molar-refractivity contribution is 7.20. The van der Waals surface area contributed by atoms with Gasteiger partial charge in [-0.05, 0) is 25.3 Å². The van der Waals surface area contributed by atoms with Crippen molar-refractivity contribution in [1.82, 2.24) is 4.98 Å². The van der Waals surface area contributed by atoms with Crippen molar-refractivity contribution >= 4 is 40.1 Å². The Balaban J connectivity index is 1.95. The average Bonchev–Trinajstić information content (AvgIpc) is 3.14. The van der Waals surface area contributed by atoms with E-state index in [-0.39, 0.29) is 17.7 Å². The maximum atomic E-state index is 11.8. The monoisotopic (exact) mass is 364 g/mol. The van der Waals surface area contributed by atoms with Crippen LogP contribution >= 0.6 is 22.7 Å². The highest BCUT2D eigenvalue weighted by atomic mass is 32.1. The van der Waals surface area contributed by atoms with Crippen LogP contribution in [0.2, 0.25) is 0 Å². The number of thiazole rings is 1. The number of allylic oxidation sites excluding steroid dienone is 1. The van der Waals surface area contributed by atoms with Gasteiger partial charge in [0.2, 0.25) is 0 Å². The smallest absolute Gasteiger partial charge is 0.312 e. The van der Waals surface area contributed by atoms with Crippen molar-refractivity contribution in [2.24, 2.45) is 0 Å². The average molecular weight is 364 g/mol. The number of aliphatic hydroxyl groups excluding tert-OH is 1. The summed E-state index contributed by atoms with van der Waals surface area (Å²) in [5.41, 5.74) is 0.388. The van der Waals surface area contributed by atoms with Gasteiger partial charge < -0.3 is 15.3 Å². The van der Waals surface area contributed by atoms with Crippen molar-refractivity contribution in [3.8, 4) is 9.88 Å². The number of Topliss-reactive ketones (excluding diaryl/α,β-unsaturated/α-hetero) is 1. The zero-order valence-corrected chi connectivity index (χ0v) is 14.8. The summed E-state index contributed by atoms with van der Waals surface area (Å²) in [4.78, 5) is 28.6. The molecule has 2 aromatic rings. The van der Waals surface area contributed by atoms with Crippen molar-refractivity contribution in [3.05, 3.63) is 39.9 Å². The third-order valence-electron chi connectivity index (χ3n) is 2.99. The molecule has 0 fully saturated rings. The molecule has 0 aliphatic rings. The minimum atomic E-state index is -0.560. The fourth-order valence-corrected chi connectivity index (χ4v) is 3.64. The molecular formula is C16H16N2O4S2. The lowest BCUT2D eigenvalue weighted by atomic mass is 10.1. The van der Waals surface area contributed by atoms with E-state index < -0.39 is 24.1 Å². The Kier molecular flexibility index (Phi) is 5.99. The van der Waals surface area contributed by atoms with E-state index in [1.807, 2.05) is 17.5 Å². The number of hydrogen-bond acceptors (Lipinski definition) is 8. The van der Waals surface area contributed by atoms with Crippen LogP contribution in [0.4, 0.5) is 0 Å². The molecule has 2 heterocycles. The number of ketones is 1. The second-order valence-corrected chi connectivity index (χ2v) is 6.77. The number of rotatable bonds is 7. The zero-order valence-electron chi connectivity index (χ0n) is 13.2. The minimum Gasteiger partial charge on any atom is -0.508 e. The molecule has 24 heavy (non-hydrogen) atoms. The Morgan fingerprint density at radius 3 is 2.67 bits per heavy atom. The SMILES string of the molecule is CC(=N)/C(C(C)=O)=C(\O)COC(=O)Cc1csc(-c2cccs2)n1. The van der Waals surface area contributed by atoms with E-state index in [0.29, 0.717) is 5.69 Å². The van der Waals surface area contributed by atoms with Crippen LogP contribution in [0.25, 0.3) is 9.88 Å². The fourth-order valence-electron chi connectivity index (χ4n) is 2.01. The van der Waals surface area contributed by atoms with Gasteiger partial charge in [-0.15, -0.1) is 22.7 Å². The lowest BCUT2D eigenvalue weighted by Crippen LogP contribution is -2.16. The number of carbonyl (C=O) groups excluding carboxylic acids is 2. The first-order chi connectivity index (χ1) is 11.4. The topological polar surface area (TPSA) is 100 Å². The molecule has 0 amide bonds. The van der Waals surface area contributed by atoms with Crippen LogP contribution in [-0.4, -0.2) is 34.2 Å². The molecule has 0 aliphatic carbocycles. The van der Waals surface area contributed by atoms with Gasteiger partial charge in [0.25, 0.3) is 0 Å². The third-order valence-corrected chi connectivity index (χ3v) is 4.92. The lowest BCUT2D eigenvalue weighted by Gasteiger charge is -2.07. The molecule has 126 valence electrons. The Morgan fingerprint density at radius 2 is 2.08 bits per heavy atom. The van der Waals surface area contributed by atoms with Crippen LogP contribution in [0.3, 0.4) is 0 Å². The van der Waals surface area contributed by atoms with Gasteiger partial charge in [-0.2, -0.15) is 0 Å². The normalized spacial score (nSPS) is 11.8. The van der Waals surface area contributed by atoms with Crippen LogP contribution in [0.1, 0.15) is 19.5 Å². The number of nitrogens with zero attached hydrogens (tertiary/aromatic N) is 1. The predicted octanol–water partition coefficient (Wildman–Crippen LogP) is 3.40. The number of hydrogen-bond donors (Lipinski definition) is 2. The lowest BCUT2D eigenvalue weighted by molar-refractivity contribution is -0.142. The van der Waals surface area contributed by atoms with Crippen LogP contribution in [0, 0.1) is 5.41 Å². The maximum Gasteiger partial charge on any atom is 0.312 e. The Morgan fingerprint density at radius 1 is 1.33 bits per heavy atom. The minimum absolute atomic E-state index is 0.0197. The van der Waals surface area contributed by atoms with Gasteiger partial charge in [0.05, 0.1) is 22.6 Å². The molecule has 0 bridgehead atoms. The van der Waals surface area contributed by atoms with Crippen molar-refractivity contribution in [2.75, 3.05) is 6.61 Å². The highest BCUT2D eigenvalue weighted by Gasteiger charge is 2.16. The molecule has 0 spiro atoms. The quantitative estimate of drug-likeness (QED) is 0.339. The first-order valence-electron chi connectivity index (χ1n) is 7.01. The summed E-state index contributed by atoms with van der Waals surface area (Å²) in [7, 11) is 0. The number of aromatic nitrogens is 1. The van der Waals surface area contributed by atoms with Crippen molar-refractivity contribution in [2.45, 2.75) is 20.3 Å². The summed E-state index contributed by atoms with van der Waals surface area (Å²) in [6.45, 7) is 2.19. The van der Waals surface area contributed by atoms with E-state index >= 15 is 0 Å². The molecule has 0 aliphatic heterocycles. The predicted molar refractivity (Wildman–Crippen MR) is 93.8 cm³/mol. The van der Waals surface area contributed by atoms with Crippen molar-refractivity contribution in [3.63, 3.8) is 0 Å². The molecule has 2 aromatic heterocycles. The summed E-state index contributed by atoms with van der Waals surface area (Å²) in [5, 5.41) is 21.9. The Labute approximate surface area is 146 Å². The first kappa shape index (κ1) is 18.0. The van der Waals surface area contributed by atoms with E-state index in [4.69, 9.17) is 10.1 Å². The number of aliphatic hydroxyl groups is 1. The second-order valence-electron chi connectivity index (χ2n) is 4.96. The maximum absolute atomic E-state index is 11.8. The van der Waals surface area contributed by atoms with Crippen LogP contribution in [-0.2, 0) is 20.7 Å². The zero-order chi connectivity index (χ0) is 17.7. The molecule has 0 aromatic carbocycles. The summed E-state index contributed by atoms with van der Waals surface area (Å²) in [5.74, 6) is -1.42. The third kappa shape index (κ3) is 4.59. The molecule has 0 radical (unpaired) electrons. The molecule has 8 heteroatoms.